The van der Waals surface area contributed by atoms with Gasteiger partial charge in [0.1, 0.15) is 13.2 Å². The molecule has 8 heteroatoms. The fourth-order valence-electron chi connectivity index (χ4n) is 3.99. The second-order valence-electron chi connectivity index (χ2n) is 8.31. The number of nitrogens with zero attached hydrogens (tertiary/aromatic N) is 1. The molecule has 8 nitrogen and oxygen atoms in total. The lowest BCUT2D eigenvalue weighted by Crippen LogP contribution is -2.42. The van der Waals surface area contributed by atoms with Gasteiger partial charge in [0.15, 0.2) is 17.6 Å². The summed E-state index contributed by atoms with van der Waals surface area (Å²) < 4.78 is 16.4. The summed E-state index contributed by atoms with van der Waals surface area (Å²) in [6.07, 6.45) is 0.0669. The van der Waals surface area contributed by atoms with Gasteiger partial charge in [-0.15, -0.1) is 0 Å². The third kappa shape index (κ3) is 5.27. The van der Waals surface area contributed by atoms with E-state index < -0.39 is 18.0 Å². The lowest BCUT2D eigenvalue weighted by molar-refractivity contribution is -0.158. The Balaban J connectivity index is 1.26. The normalized spacial score (nSPS) is 16.6. The van der Waals surface area contributed by atoms with Crippen molar-refractivity contribution >= 4 is 23.5 Å². The number of nitrogens with one attached hydrogen (secondary N) is 1. The van der Waals surface area contributed by atoms with Crippen LogP contribution in [0.1, 0.15) is 35.7 Å². The third-order valence-corrected chi connectivity index (χ3v) is 5.96. The number of carbonyl (C=O) groups is 3. The highest BCUT2D eigenvalue weighted by Gasteiger charge is 2.31. The van der Waals surface area contributed by atoms with Gasteiger partial charge in [0.05, 0.1) is 5.92 Å². The first-order valence-corrected chi connectivity index (χ1v) is 11.2. The Labute approximate surface area is 192 Å². The number of likely N-dealkylation sites (tertiary alicyclic amines) is 1. The molecule has 0 aliphatic carbocycles. The summed E-state index contributed by atoms with van der Waals surface area (Å²) in [6, 6.07) is 12.6. The molecule has 2 aromatic rings. The van der Waals surface area contributed by atoms with E-state index in [1.807, 2.05) is 31.2 Å². The number of amides is 2. The number of hydrogen-bond donors (Lipinski definition) is 1. The fraction of sp³-hybridized carbons (Fsp3) is 0.400. The Morgan fingerprint density at radius 2 is 1.73 bits per heavy atom. The van der Waals surface area contributed by atoms with E-state index >= 15 is 0 Å². The largest absolute Gasteiger partial charge is 0.486 e. The molecule has 0 radical (unpaired) electrons. The number of fused-ring (bicyclic) bond motifs is 1. The summed E-state index contributed by atoms with van der Waals surface area (Å²) in [5, 5.41) is 2.74. The number of rotatable bonds is 5. The summed E-state index contributed by atoms with van der Waals surface area (Å²) in [7, 11) is 0. The van der Waals surface area contributed by atoms with Crippen molar-refractivity contribution in [3.8, 4) is 11.5 Å². The second-order valence-corrected chi connectivity index (χ2v) is 8.31. The zero-order valence-corrected chi connectivity index (χ0v) is 18.8. The lowest BCUT2D eigenvalue weighted by Gasteiger charge is -2.31. The maximum absolute atomic E-state index is 12.8. The van der Waals surface area contributed by atoms with E-state index in [-0.39, 0.29) is 11.8 Å². The van der Waals surface area contributed by atoms with Crippen molar-refractivity contribution in [1.29, 1.82) is 0 Å². The van der Waals surface area contributed by atoms with Gasteiger partial charge >= 0.3 is 5.97 Å². The van der Waals surface area contributed by atoms with Crippen LogP contribution in [0.5, 0.6) is 11.5 Å². The fourth-order valence-corrected chi connectivity index (χ4v) is 3.99. The van der Waals surface area contributed by atoms with Crippen LogP contribution in [0.2, 0.25) is 0 Å². The minimum atomic E-state index is -0.947. The monoisotopic (exact) mass is 452 g/mol. The number of carbonyl (C=O) groups excluding carboxylic acids is 3. The molecule has 4 rings (SSSR count). The number of anilines is 1. The Hall–Kier alpha value is -3.55. The maximum atomic E-state index is 12.8. The Morgan fingerprint density at radius 3 is 2.45 bits per heavy atom. The number of hydrogen-bond acceptors (Lipinski definition) is 6. The van der Waals surface area contributed by atoms with Gasteiger partial charge in [-0.25, -0.2) is 0 Å². The molecule has 1 fully saturated rings. The summed E-state index contributed by atoms with van der Waals surface area (Å²) >= 11 is 0. The van der Waals surface area contributed by atoms with E-state index in [1.165, 1.54) is 0 Å². The van der Waals surface area contributed by atoms with Gasteiger partial charge in [-0.3, -0.25) is 14.4 Å². The first kappa shape index (κ1) is 22.6. The van der Waals surface area contributed by atoms with Gasteiger partial charge in [-0.1, -0.05) is 18.2 Å². The van der Waals surface area contributed by atoms with Crippen LogP contribution in [0.25, 0.3) is 0 Å². The molecule has 0 saturated carbocycles. The third-order valence-electron chi connectivity index (χ3n) is 5.96. The molecule has 33 heavy (non-hydrogen) atoms. The molecule has 1 N–H and O–H groups in total. The molecule has 0 aromatic heterocycles. The summed E-state index contributed by atoms with van der Waals surface area (Å²) in [4.78, 5) is 39.7. The van der Waals surface area contributed by atoms with E-state index in [9.17, 15) is 14.4 Å². The first-order valence-electron chi connectivity index (χ1n) is 11.2. The van der Waals surface area contributed by atoms with E-state index in [0.29, 0.717) is 61.9 Å². The summed E-state index contributed by atoms with van der Waals surface area (Å²) in [5.41, 5.74) is 2.15. The van der Waals surface area contributed by atoms with Gasteiger partial charge in [-0.2, -0.15) is 0 Å². The molecular formula is C25H28N2O6. The topological polar surface area (TPSA) is 94.2 Å². The number of aryl methyl sites for hydroxylation is 1. The molecule has 2 aromatic carbocycles. The number of benzene rings is 2. The van der Waals surface area contributed by atoms with Crippen molar-refractivity contribution in [3.05, 3.63) is 53.6 Å². The average molecular weight is 453 g/mol. The summed E-state index contributed by atoms with van der Waals surface area (Å²) in [5.74, 6) is -0.000703. The van der Waals surface area contributed by atoms with E-state index in [0.717, 1.165) is 5.56 Å². The molecule has 174 valence electrons. The number of esters is 1. The highest BCUT2D eigenvalue weighted by molar-refractivity contribution is 5.96. The molecule has 2 amide bonds. The summed E-state index contributed by atoms with van der Waals surface area (Å²) in [6.45, 7) is 5.35. The predicted molar refractivity (Wildman–Crippen MR) is 121 cm³/mol. The SMILES string of the molecule is Cc1ccccc1C(=O)N1CCC(C(=O)O[C@@H](C)C(=O)Nc2ccc3c(c2)OCCO3)CC1. The van der Waals surface area contributed by atoms with E-state index in [2.05, 4.69) is 5.32 Å². The van der Waals surface area contributed by atoms with Gasteiger partial charge in [0.25, 0.3) is 11.8 Å². The zero-order chi connectivity index (χ0) is 23.4. The second kappa shape index (κ2) is 9.94. The molecule has 0 unspecified atom stereocenters. The van der Waals surface area contributed by atoms with Crippen molar-refractivity contribution in [2.24, 2.45) is 5.92 Å². The van der Waals surface area contributed by atoms with Crippen molar-refractivity contribution in [3.63, 3.8) is 0 Å². The Morgan fingerprint density at radius 1 is 1.03 bits per heavy atom. The lowest BCUT2D eigenvalue weighted by atomic mass is 9.96. The Kier molecular flexibility index (Phi) is 6.82. The van der Waals surface area contributed by atoms with E-state index in [1.54, 1.807) is 30.0 Å². The standard InChI is InChI=1S/C25H28N2O6/c1-16-5-3-4-6-20(16)24(29)27-11-9-18(10-12-27)25(30)33-17(2)23(28)26-19-7-8-21-22(15-19)32-14-13-31-21/h3-8,15,17-18H,9-14H2,1-2H3,(H,26,28)/t17-/m0/s1. The van der Waals surface area contributed by atoms with Crippen LogP contribution >= 0.6 is 0 Å². The molecule has 0 spiro atoms. The van der Waals surface area contributed by atoms with Crippen molar-refractivity contribution in [2.45, 2.75) is 32.8 Å². The minimum absolute atomic E-state index is 0.0212. The molecule has 2 aliphatic rings. The van der Waals surface area contributed by atoms with Crippen molar-refractivity contribution in [1.82, 2.24) is 4.90 Å². The van der Waals surface area contributed by atoms with Crippen LogP contribution < -0.4 is 14.8 Å². The Bertz CT molecular complexity index is 1040. The highest BCUT2D eigenvalue weighted by Crippen LogP contribution is 2.32. The molecule has 1 atom stereocenters. The maximum Gasteiger partial charge on any atom is 0.309 e. The van der Waals surface area contributed by atoms with Crippen molar-refractivity contribution in [2.75, 3.05) is 31.6 Å². The van der Waals surface area contributed by atoms with Crippen LogP contribution in [0.3, 0.4) is 0 Å². The van der Waals surface area contributed by atoms with Crippen LogP contribution in [-0.2, 0) is 14.3 Å². The van der Waals surface area contributed by atoms with Crippen molar-refractivity contribution < 1.29 is 28.6 Å². The molecular weight excluding hydrogens is 424 g/mol. The minimum Gasteiger partial charge on any atom is -0.486 e. The number of piperidine rings is 1. The van der Waals surface area contributed by atoms with Gasteiger partial charge in [0.2, 0.25) is 0 Å². The molecule has 2 heterocycles. The van der Waals surface area contributed by atoms with Gasteiger partial charge in [0, 0.05) is 30.4 Å². The quantitative estimate of drug-likeness (QED) is 0.701. The van der Waals surface area contributed by atoms with Crippen LogP contribution in [0, 0.1) is 12.8 Å². The highest BCUT2D eigenvalue weighted by atomic mass is 16.6. The molecule has 2 aliphatic heterocycles. The van der Waals surface area contributed by atoms with Gasteiger partial charge < -0.3 is 24.4 Å². The smallest absolute Gasteiger partial charge is 0.309 e. The number of ether oxygens (including phenoxy) is 3. The zero-order valence-electron chi connectivity index (χ0n) is 18.8. The van der Waals surface area contributed by atoms with Crippen LogP contribution in [0.15, 0.2) is 42.5 Å². The predicted octanol–water partition coefficient (Wildman–Crippen LogP) is 3.19. The van der Waals surface area contributed by atoms with E-state index in [4.69, 9.17) is 14.2 Å². The van der Waals surface area contributed by atoms with Crippen LogP contribution in [0.4, 0.5) is 5.69 Å². The molecule has 0 bridgehead atoms. The van der Waals surface area contributed by atoms with Gasteiger partial charge in [-0.05, 0) is 50.5 Å². The van der Waals surface area contributed by atoms with Crippen LogP contribution in [-0.4, -0.2) is 55.1 Å². The first-order chi connectivity index (χ1) is 15.9. The average Bonchev–Trinajstić information content (AvgIpc) is 2.84. The molecule has 1 saturated heterocycles.